The van der Waals surface area contributed by atoms with Gasteiger partial charge in [-0.2, -0.15) is 0 Å². The molecule has 0 spiro atoms. The van der Waals surface area contributed by atoms with Gasteiger partial charge >= 0.3 is 0 Å². The smallest absolute Gasteiger partial charge is 0.162 e. The van der Waals surface area contributed by atoms with Crippen molar-refractivity contribution in [3.05, 3.63) is 84.5 Å². The second-order valence-electron chi connectivity index (χ2n) is 8.52. The Balaban J connectivity index is 0.000000532. The quantitative estimate of drug-likeness (QED) is 0.171. The lowest BCUT2D eigenvalue weighted by Gasteiger charge is -2.01. The Morgan fingerprint density at radius 3 is 1.94 bits per heavy atom. The first kappa shape index (κ1) is 31.4. The number of carbonyl (C=O) groups excluding carboxylic acids is 1. The van der Waals surface area contributed by atoms with Crippen molar-refractivity contribution in [2.45, 2.75) is 97.8 Å². The maximum atomic E-state index is 11.7. The molecular weight excluding hydrogens is 416 g/mol. The number of benzene rings is 2. The van der Waals surface area contributed by atoms with Gasteiger partial charge < -0.3 is 5.11 Å². The Morgan fingerprint density at radius 2 is 1.38 bits per heavy atom. The minimum absolute atomic E-state index is 0.151. The van der Waals surface area contributed by atoms with Crippen molar-refractivity contribution >= 4 is 11.9 Å². The van der Waals surface area contributed by atoms with Gasteiger partial charge in [-0.05, 0) is 55.5 Å². The number of rotatable bonds is 14. The summed E-state index contributed by atoms with van der Waals surface area (Å²) in [4.78, 5) is 11.7. The second-order valence-corrected chi connectivity index (χ2v) is 8.52. The number of unbranched alkanes of at least 4 members (excludes halogenated alkanes) is 8. The van der Waals surface area contributed by atoms with Crippen LogP contribution in [0.4, 0.5) is 0 Å². The molecule has 0 amide bonds. The maximum absolute atomic E-state index is 11.7. The van der Waals surface area contributed by atoms with Gasteiger partial charge in [0.1, 0.15) is 5.75 Å². The predicted molar refractivity (Wildman–Crippen MR) is 151 cm³/mol. The molecule has 2 rings (SSSR count). The first-order chi connectivity index (χ1) is 16.6. The zero-order valence-electron chi connectivity index (χ0n) is 22.0. The minimum Gasteiger partial charge on any atom is -0.508 e. The standard InChI is InChI=1S/C14H18O2.C12H16.C6H14/c1-2-3-4-5-6-7-14(16)12-8-10-13(15)11-9-12;1-2-3-4-6-9-12-10-7-5-8-11-12;1-3-5-6-4-2/h2,8-11,15H,1,3-7H2;5-11H,2-4H2,1H3;3-6H2,1-2H3/b;9-6+;. The molecule has 188 valence electrons. The lowest BCUT2D eigenvalue weighted by molar-refractivity contribution is 0.0979. The summed E-state index contributed by atoms with van der Waals surface area (Å²) in [6, 6.07) is 16.9. The molecule has 0 atom stereocenters. The van der Waals surface area contributed by atoms with E-state index >= 15 is 0 Å². The zero-order chi connectivity index (χ0) is 25.3. The van der Waals surface area contributed by atoms with Gasteiger partial charge in [-0.15, -0.1) is 6.58 Å². The summed E-state index contributed by atoms with van der Waals surface area (Å²) in [7, 11) is 0. The molecule has 0 heterocycles. The number of Topliss-reactive ketones (excluding diaryl/α,β-unsaturated/α-hetero) is 1. The first-order valence-electron chi connectivity index (χ1n) is 13.2. The van der Waals surface area contributed by atoms with Crippen molar-refractivity contribution in [3.8, 4) is 5.75 Å². The number of aromatic hydroxyl groups is 1. The van der Waals surface area contributed by atoms with Crippen LogP contribution in [-0.4, -0.2) is 10.9 Å². The summed E-state index contributed by atoms with van der Waals surface area (Å²) in [5, 5.41) is 9.09. The highest BCUT2D eigenvalue weighted by Crippen LogP contribution is 2.13. The summed E-state index contributed by atoms with van der Waals surface area (Å²) in [6.07, 6.45) is 20.4. The lowest BCUT2D eigenvalue weighted by Crippen LogP contribution is -1.98. The SMILES string of the molecule is C=CCCCCCC(=O)c1ccc(O)cc1.CCCC/C=C/c1ccccc1.CCCCCC. The third kappa shape index (κ3) is 18.9. The summed E-state index contributed by atoms with van der Waals surface area (Å²) < 4.78 is 0. The molecule has 0 aliphatic heterocycles. The Bertz CT molecular complexity index is 740. The Labute approximate surface area is 209 Å². The van der Waals surface area contributed by atoms with E-state index in [4.69, 9.17) is 5.11 Å². The third-order valence-electron chi connectivity index (χ3n) is 5.29. The van der Waals surface area contributed by atoms with Gasteiger partial charge in [0.2, 0.25) is 0 Å². The van der Waals surface area contributed by atoms with E-state index in [1.54, 1.807) is 24.3 Å². The molecule has 0 aliphatic rings. The molecule has 0 radical (unpaired) electrons. The van der Waals surface area contributed by atoms with Crippen LogP contribution in [0, 0.1) is 0 Å². The highest BCUT2D eigenvalue weighted by Gasteiger charge is 2.04. The fourth-order valence-corrected chi connectivity index (χ4v) is 3.15. The van der Waals surface area contributed by atoms with Gasteiger partial charge in [-0.25, -0.2) is 0 Å². The van der Waals surface area contributed by atoms with Gasteiger partial charge in [0.15, 0.2) is 5.78 Å². The molecule has 0 fully saturated rings. The molecule has 0 aromatic heterocycles. The molecule has 2 nitrogen and oxygen atoms in total. The van der Waals surface area contributed by atoms with Crippen LogP contribution in [0.1, 0.15) is 114 Å². The van der Waals surface area contributed by atoms with Gasteiger partial charge in [0.05, 0.1) is 0 Å². The lowest BCUT2D eigenvalue weighted by atomic mass is 10.0. The molecule has 0 bridgehead atoms. The summed E-state index contributed by atoms with van der Waals surface area (Å²) in [6.45, 7) is 10.3. The number of hydrogen-bond donors (Lipinski definition) is 1. The summed E-state index contributed by atoms with van der Waals surface area (Å²) in [5.41, 5.74) is 1.98. The van der Waals surface area contributed by atoms with Crippen LogP contribution in [0.3, 0.4) is 0 Å². The van der Waals surface area contributed by atoms with Crippen LogP contribution >= 0.6 is 0 Å². The van der Waals surface area contributed by atoms with E-state index in [-0.39, 0.29) is 11.5 Å². The van der Waals surface area contributed by atoms with E-state index < -0.39 is 0 Å². The molecular formula is C32H48O2. The van der Waals surface area contributed by atoms with E-state index in [0.29, 0.717) is 12.0 Å². The molecule has 0 saturated carbocycles. The first-order valence-corrected chi connectivity index (χ1v) is 13.2. The molecule has 34 heavy (non-hydrogen) atoms. The van der Waals surface area contributed by atoms with E-state index in [0.717, 1.165) is 25.7 Å². The monoisotopic (exact) mass is 464 g/mol. The molecule has 2 aromatic rings. The molecule has 2 aromatic carbocycles. The largest absolute Gasteiger partial charge is 0.508 e. The van der Waals surface area contributed by atoms with Crippen molar-refractivity contribution in [2.75, 3.05) is 0 Å². The van der Waals surface area contributed by atoms with Gasteiger partial charge in [0, 0.05) is 12.0 Å². The summed E-state index contributed by atoms with van der Waals surface area (Å²) >= 11 is 0. The van der Waals surface area contributed by atoms with Crippen LogP contribution < -0.4 is 0 Å². The minimum atomic E-state index is 0.151. The van der Waals surface area contributed by atoms with Crippen LogP contribution in [0.25, 0.3) is 6.08 Å². The zero-order valence-corrected chi connectivity index (χ0v) is 22.0. The van der Waals surface area contributed by atoms with Crippen LogP contribution in [0.15, 0.2) is 73.3 Å². The van der Waals surface area contributed by atoms with Crippen LogP contribution in [-0.2, 0) is 0 Å². The number of carbonyl (C=O) groups is 1. The van der Waals surface area contributed by atoms with E-state index in [1.165, 1.54) is 50.5 Å². The number of hydrogen-bond acceptors (Lipinski definition) is 2. The van der Waals surface area contributed by atoms with Gasteiger partial charge in [-0.3, -0.25) is 4.79 Å². The number of phenols is 1. The average molecular weight is 465 g/mol. The van der Waals surface area contributed by atoms with Crippen molar-refractivity contribution in [2.24, 2.45) is 0 Å². The molecule has 2 heteroatoms. The second kappa shape index (κ2) is 23.5. The van der Waals surface area contributed by atoms with Crippen molar-refractivity contribution in [1.29, 1.82) is 0 Å². The number of ketones is 1. The van der Waals surface area contributed by atoms with E-state index in [1.807, 2.05) is 12.1 Å². The van der Waals surface area contributed by atoms with Crippen molar-refractivity contribution in [1.82, 2.24) is 0 Å². The normalized spacial score (nSPS) is 10.1. The summed E-state index contributed by atoms with van der Waals surface area (Å²) in [5.74, 6) is 0.348. The van der Waals surface area contributed by atoms with Gasteiger partial charge in [-0.1, -0.05) is 114 Å². The molecule has 0 unspecified atom stereocenters. The maximum Gasteiger partial charge on any atom is 0.162 e. The highest BCUT2D eigenvalue weighted by molar-refractivity contribution is 5.96. The van der Waals surface area contributed by atoms with Crippen molar-refractivity contribution < 1.29 is 9.90 Å². The highest BCUT2D eigenvalue weighted by atomic mass is 16.3. The topological polar surface area (TPSA) is 37.3 Å². The molecule has 0 aliphatic carbocycles. The number of allylic oxidation sites excluding steroid dienone is 2. The predicted octanol–water partition coefficient (Wildman–Crippen LogP) is 10.2. The Morgan fingerprint density at radius 1 is 0.765 bits per heavy atom. The fraction of sp³-hybridized carbons (Fsp3) is 0.469. The van der Waals surface area contributed by atoms with Crippen LogP contribution in [0.2, 0.25) is 0 Å². The van der Waals surface area contributed by atoms with Crippen LogP contribution in [0.5, 0.6) is 5.75 Å². The molecule has 1 N–H and O–H groups in total. The fourth-order valence-electron chi connectivity index (χ4n) is 3.15. The third-order valence-corrected chi connectivity index (χ3v) is 5.29. The van der Waals surface area contributed by atoms with E-state index in [2.05, 4.69) is 63.8 Å². The number of phenolic OH excluding ortho intramolecular Hbond substituents is 1. The van der Waals surface area contributed by atoms with E-state index in [9.17, 15) is 4.79 Å². The van der Waals surface area contributed by atoms with Crippen molar-refractivity contribution in [3.63, 3.8) is 0 Å². The molecule has 0 saturated heterocycles. The Kier molecular flexibility index (Phi) is 21.7. The Hall–Kier alpha value is -2.61. The average Bonchev–Trinajstić information content (AvgIpc) is 2.87. The van der Waals surface area contributed by atoms with Gasteiger partial charge in [0.25, 0.3) is 0 Å².